The van der Waals surface area contributed by atoms with Gasteiger partial charge in [0, 0.05) is 0 Å². The number of furan rings is 1. The molecule has 0 spiro atoms. The number of rotatable bonds is 3. The second-order valence-corrected chi connectivity index (χ2v) is 7.59. The number of hydrogen-bond acceptors (Lipinski definition) is 7. The molecule has 8 nitrogen and oxygen atoms in total. The molecule has 24 heavy (non-hydrogen) atoms. The third kappa shape index (κ3) is 2.13. The summed E-state index contributed by atoms with van der Waals surface area (Å²) in [5, 5.41) is 8.71. The molecule has 1 saturated heterocycles. The monoisotopic (exact) mass is 366 g/mol. The maximum atomic E-state index is 12.7. The molecule has 0 aromatic carbocycles. The van der Waals surface area contributed by atoms with Crippen LogP contribution in [0.15, 0.2) is 32.6 Å². The molecule has 0 bridgehead atoms. The number of aliphatic carboxylic acids is 1. The zero-order valence-electron chi connectivity index (χ0n) is 11.9. The van der Waals surface area contributed by atoms with Crippen LogP contribution < -0.4 is 4.87 Å². The average Bonchev–Trinajstić information content (AvgIpc) is 3.21. The molecule has 2 aromatic heterocycles. The molecule has 2 amide bonds. The molecule has 2 aromatic rings. The Kier molecular flexibility index (Phi) is 3.39. The number of H-pyrrole nitrogens is 1. The summed E-state index contributed by atoms with van der Waals surface area (Å²) in [6.07, 6.45) is 1.46. The summed E-state index contributed by atoms with van der Waals surface area (Å²) in [5.41, 5.74) is 0. The van der Waals surface area contributed by atoms with Gasteiger partial charge in [-0.15, -0.1) is 0 Å². The highest BCUT2D eigenvalue weighted by Gasteiger charge is 2.56. The summed E-state index contributed by atoms with van der Waals surface area (Å²) in [6, 6.07) is 3.35. The number of aromatic amines is 1. The van der Waals surface area contributed by atoms with E-state index >= 15 is 0 Å². The summed E-state index contributed by atoms with van der Waals surface area (Å²) in [5.74, 6) is -3.25. The minimum Gasteiger partial charge on any atom is -0.480 e. The van der Waals surface area contributed by atoms with Crippen molar-refractivity contribution in [2.45, 2.75) is 16.2 Å². The van der Waals surface area contributed by atoms with Crippen molar-refractivity contribution in [2.75, 3.05) is 6.54 Å². The third-order valence-electron chi connectivity index (χ3n) is 4.06. The average molecular weight is 366 g/mol. The molecule has 4 rings (SSSR count). The summed E-state index contributed by atoms with van der Waals surface area (Å²) in [4.78, 5) is 51.7. The van der Waals surface area contributed by atoms with Crippen LogP contribution in [0.5, 0.6) is 0 Å². The predicted octanol–water partition coefficient (Wildman–Crippen LogP) is 0.705. The minimum absolute atomic E-state index is 0.272. The Morgan fingerprint density at radius 3 is 2.79 bits per heavy atom. The molecule has 2 aliphatic rings. The van der Waals surface area contributed by atoms with Crippen LogP contribution in [-0.4, -0.2) is 44.6 Å². The van der Waals surface area contributed by atoms with Crippen LogP contribution in [0.1, 0.15) is 16.6 Å². The molecule has 124 valence electrons. The molecular formula is C14H10N2O6S2. The van der Waals surface area contributed by atoms with Crippen LogP contribution >= 0.6 is 23.1 Å². The lowest BCUT2D eigenvalue weighted by Gasteiger charge is -2.27. The topological polar surface area (TPSA) is 121 Å². The number of nitrogens with zero attached hydrogens (tertiary/aromatic N) is 1. The number of carbonyl (C=O) groups excluding carboxylic acids is 2. The van der Waals surface area contributed by atoms with Gasteiger partial charge < -0.3 is 14.5 Å². The number of carboxylic acids is 1. The van der Waals surface area contributed by atoms with E-state index < -0.39 is 41.4 Å². The van der Waals surface area contributed by atoms with Gasteiger partial charge in [-0.05, 0) is 12.1 Å². The standard InChI is InChI=1S/C14H10N2O6S2/c17-6(18)4-16-12(19)8-7(5-2-1-3-22-5)9-11(15-14(21)24-9)23-10(8)13(16)20/h1-3,7-8,10H,4H2,(H,15,21)(H,17,18)/t7-,8?,10?/m1/s1. The van der Waals surface area contributed by atoms with E-state index in [4.69, 9.17) is 9.52 Å². The molecule has 3 atom stereocenters. The number of aromatic nitrogens is 1. The van der Waals surface area contributed by atoms with Crippen molar-refractivity contribution in [3.8, 4) is 0 Å². The molecule has 0 saturated carbocycles. The molecule has 2 unspecified atom stereocenters. The van der Waals surface area contributed by atoms with E-state index in [0.29, 0.717) is 15.7 Å². The molecule has 2 N–H and O–H groups in total. The Hall–Kier alpha value is -2.33. The van der Waals surface area contributed by atoms with Gasteiger partial charge in [-0.3, -0.25) is 24.1 Å². The highest BCUT2D eigenvalue weighted by molar-refractivity contribution is 8.00. The van der Waals surface area contributed by atoms with E-state index in [1.165, 1.54) is 6.26 Å². The summed E-state index contributed by atoms with van der Waals surface area (Å²) in [6.45, 7) is -0.666. The van der Waals surface area contributed by atoms with Crippen molar-refractivity contribution in [1.82, 2.24) is 9.88 Å². The van der Waals surface area contributed by atoms with Gasteiger partial charge >= 0.3 is 10.8 Å². The van der Waals surface area contributed by atoms with E-state index in [9.17, 15) is 19.2 Å². The third-order valence-corrected chi connectivity index (χ3v) is 6.46. The Morgan fingerprint density at radius 1 is 1.33 bits per heavy atom. The van der Waals surface area contributed by atoms with Gasteiger partial charge in [0.1, 0.15) is 17.6 Å². The number of thiazole rings is 1. The largest absolute Gasteiger partial charge is 0.480 e. The smallest absolute Gasteiger partial charge is 0.323 e. The van der Waals surface area contributed by atoms with Gasteiger partial charge in [-0.1, -0.05) is 23.1 Å². The van der Waals surface area contributed by atoms with E-state index in [-0.39, 0.29) is 4.87 Å². The maximum absolute atomic E-state index is 12.7. The van der Waals surface area contributed by atoms with Crippen molar-refractivity contribution in [1.29, 1.82) is 0 Å². The lowest BCUT2D eigenvalue weighted by molar-refractivity contribution is -0.149. The maximum Gasteiger partial charge on any atom is 0.323 e. The van der Waals surface area contributed by atoms with Crippen molar-refractivity contribution >= 4 is 40.9 Å². The number of fused-ring (bicyclic) bond motifs is 2. The van der Waals surface area contributed by atoms with E-state index in [0.717, 1.165) is 28.0 Å². The Labute approximate surface area is 142 Å². The number of hydrogen-bond donors (Lipinski definition) is 2. The van der Waals surface area contributed by atoms with Crippen molar-refractivity contribution in [3.05, 3.63) is 38.7 Å². The number of thioether (sulfide) groups is 1. The highest BCUT2D eigenvalue weighted by atomic mass is 32.2. The number of nitrogens with one attached hydrogen (secondary N) is 1. The first-order valence-corrected chi connectivity index (χ1v) is 8.67. The van der Waals surface area contributed by atoms with Gasteiger partial charge in [-0.25, -0.2) is 0 Å². The van der Waals surface area contributed by atoms with Crippen LogP contribution in [0.2, 0.25) is 0 Å². The normalized spacial score (nSPS) is 25.7. The first-order chi connectivity index (χ1) is 11.5. The lowest BCUT2D eigenvalue weighted by Crippen LogP contribution is -2.36. The fourth-order valence-corrected chi connectivity index (χ4v) is 5.66. The molecule has 1 fully saturated rings. The second kappa shape index (κ2) is 5.35. The van der Waals surface area contributed by atoms with E-state index in [2.05, 4.69) is 4.98 Å². The van der Waals surface area contributed by atoms with E-state index in [1.54, 1.807) is 12.1 Å². The second-order valence-electron chi connectivity index (χ2n) is 5.42. The first kappa shape index (κ1) is 15.2. The predicted molar refractivity (Wildman–Crippen MR) is 83.0 cm³/mol. The molecule has 2 aliphatic heterocycles. The van der Waals surface area contributed by atoms with Gasteiger partial charge in [0.2, 0.25) is 11.8 Å². The molecule has 0 radical (unpaired) electrons. The van der Waals surface area contributed by atoms with Crippen LogP contribution in [0.4, 0.5) is 0 Å². The van der Waals surface area contributed by atoms with Crippen molar-refractivity contribution in [3.63, 3.8) is 0 Å². The highest BCUT2D eigenvalue weighted by Crippen LogP contribution is 2.52. The summed E-state index contributed by atoms with van der Waals surface area (Å²) in [7, 11) is 0. The zero-order chi connectivity index (χ0) is 17.0. The Balaban J connectivity index is 1.84. The molecule has 0 aliphatic carbocycles. The SMILES string of the molecule is O=C(O)CN1C(=O)C2Sc3[nH]c(=O)sc3[C@H](c3ccco3)C2C1=O. The van der Waals surface area contributed by atoms with Crippen molar-refractivity contribution < 1.29 is 23.9 Å². The lowest BCUT2D eigenvalue weighted by atomic mass is 9.87. The summed E-state index contributed by atoms with van der Waals surface area (Å²) < 4.78 is 5.43. The number of likely N-dealkylation sites (tertiary alicyclic amines) is 1. The Morgan fingerprint density at radius 2 is 2.12 bits per heavy atom. The zero-order valence-corrected chi connectivity index (χ0v) is 13.6. The number of imide groups is 1. The number of amides is 2. The number of carbonyl (C=O) groups is 3. The van der Waals surface area contributed by atoms with Gasteiger partial charge in [0.05, 0.1) is 28.0 Å². The minimum atomic E-state index is -1.25. The summed E-state index contributed by atoms with van der Waals surface area (Å²) >= 11 is 2.07. The fourth-order valence-electron chi connectivity index (χ4n) is 3.14. The van der Waals surface area contributed by atoms with Crippen molar-refractivity contribution in [2.24, 2.45) is 5.92 Å². The fraction of sp³-hybridized carbons (Fsp3) is 0.286. The van der Waals surface area contributed by atoms with Crippen LogP contribution in [0, 0.1) is 5.92 Å². The van der Waals surface area contributed by atoms with E-state index in [1.807, 2.05) is 0 Å². The quantitative estimate of drug-likeness (QED) is 0.767. The number of carboxylic acid groups (broad SMARTS) is 1. The molecule has 4 heterocycles. The van der Waals surface area contributed by atoms with Crippen LogP contribution in [0.25, 0.3) is 0 Å². The van der Waals surface area contributed by atoms with Gasteiger partial charge in [0.15, 0.2) is 0 Å². The first-order valence-electron chi connectivity index (χ1n) is 6.97. The Bertz CT molecular complexity index is 899. The van der Waals surface area contributed by atoms with Crippen LogP contribution in [-0.2, 0) is 14.4 Å². The van der Waals surface area contributed by atoms with Gasteiger partial charge in [-0.2, -0.15) is 0 Å². The molecule has 10 heteroatoms. The molecular weight excluding hydrogens is 356 g/mol. The van der Waals surface area contributed by atoms with Gasteiger partial charge in [0.25, 0.3) is 0 Å². The van der Waals surface area contributed by atoms with Crippen LogP contribution in [0.3, 0.4) is 0 Å².